The number of nitriles is 1. The lowest BCUT2D eigenvalue weighted by atomic mass is 10.0. The molecule has 1 N–H and O–H groups in total. The zero-order valence-corrected chi connectivity index (χ0v) is 22.5. The molecule has 4 aromatic rings. The first-order valence-electron chi connectivity index (χ1n) is 12.2. The van der Waals surface area contributed by atoms with Crippen LogP contribution in [0, 0.1) is 11.3 Å². The van der Waals surface area contributed by atoms with Crippen LogP contribution < -0.4 is 14.8 Å². The summed E-state index contributed by atoms with van der Waals surface area (Å²) in [6.45, 7) is 0.903. The summed E-state index contributed by atoms with van der Waals surface area (Å²) in [5.41, 5.74) is 4.14. The zero-order chi connectivity index (χ0) is 26.8. The number of carbonyl (C=O) groups excluding carboxylic acids is 1. The number of alkyl halides is 1. The van der Waals surface area contributed by atoms with Crippen LogP contribution >= 0.6 is 12.4 Å². The largest absolute Gasteiger partial charge is 0.496 e. The van der Waals surface area contributed by atoms with E-state index in [1.54, 1.807) is 50.6 Å². The van der Waals surface area contributed by atoms with E-state index in [0.29, 0.717) is 58.0 Å². The SMILES string of the molecule is COc1cc(C(=O)N(C)C)ccc1-c1cc2nccc(-c3ccc(O[C@@H]4CCNC[C@@H]4F)c(C#N)c3)c2o1.Cl. The molecular formula is C29H28ClFN4O4. The maximum absolute atomic E-state index is 14.3. The highest BCUT2D eigenvalue weighted by molar-refractivity contribution is 5.96. The minimum absolute atomic E-state index is 0. The van der Waals surface area contributed by atoms with Crippen molar-refractivity contribution in [2.24, 2.45) is 0 Å². The van der Waals surface area contributed by atoms with Crippen LogP contribution in [-0.4, -0.2) is 62.4 Å². The monoisotopic (exact) mass is 550 g/mol. The lowest BCUT2D eigenvalue weighted by Gasteiger charge is -2.27. The van der Waals surface area contributed by atoms with Gasteiger partial charge in [-0.25, -0.2) is 4.39 Å². The van der Waals surface area contributed by atoms with Gasteiger partial charge in [0.25, 0.3) is 5.91 Å². The Labute approximate surface area is 231 Å². The molecule has 1 aliphatic heterocycles. The summed E-state index contributed by atoms with van der Waals surface area (Å²) in [4.78, 5) is 18.3. The predicted octanol–water partition coefficient (Wildman–Crippen LogP) is 5.24. The average Bonchev–Trinajstić information content (AvgIpc) is 3.38. The van der Waals surface area contributed by atoms with Crippen molar-refractivity contribution in [2.75, 3.05) is 34.3 Å². The van der Waals surface area contributed by atoms with Crippen molar-refractivity contribution in [3.8, 4) is 40.0 Å². The predicted molar refractivity (Wildman–Crippen MR) is 148 cm³/mol. The first kappa shape index (κ1) is 27.9. The van der Waals surface area contributed by atoms with Crippen LogP contribution in [0.2, 0.25) is 0 Å². The summed E-state index contributed by atoms with van der Waals surface area (Å²) < 4.78 is 32.0. The number of halogens is 2. The number of hydrogen-bond donors (Lipinski definition) is 1. The molecule has 0 radical (unpaired) electrons. The maximum atomic E-state index is 14.3. The third-order valence-corrected chi connectivity index (χ3v) is 6.57. The average molecular weight is 551 g/mol. The molecule has 0 bridgehead atoms. The third-order valence-electron chi connectivity index (χ3n) is 6.57. The molecule has 0 unspecified atom stereocenters. The standard InChI is InChI=1S/C29H27FN4O4.ClH/c1-34(2)29(35)18-4-6-21(26(13-18)36-3)27-14-23-28(38-27)20(8-11-33-23)17-5-7-24(19(12-17)15-31)37-25-9-10-32-16-22(25)30;/h4-8,11-14,22,25,32H,9-10,16H2,1-3H3;1H/t22-,25+;/m0./s1. The number of ether oxygens (including phenoxy) is 2. The summed E-state index contributed by atoms with van der Waals surface area (Å²) in [5.74, 6) is 1.25. The maximum Gasteiger partial charge on any atom is 0.253 e. The Morgan fingerprint density at radius 3 is 2.69 bits per heavy atom. The van der Waals surface area contributed by atoms with E-state index in [4.69, 9.17) is 13.9 Å². The van der Waals surface area contributed by atoms with Gasteiger partial charge in [0.2, 0.25) is 0 Å². The smallest absolute Gasteiger partial charge is 0.253 e. The van der Waals surface area contributed by atoms with Gasteiger partial charge in [-0.3, -0.25) is 9.78 Å². The second kappa shape index (κ2) is 11.7. The van der Waals surface area contributed by atoms with E-state index in [1.165, 1.54) is 12.0 Å². The molecule has 0 spiro atoms. The summed E-state index contributed by atoms with van der Waals surface area (Å²) >= 11 is 0. The van der Waals surface area contributed by atoms with Gasteiger partial charge in [0, 0.05) is 44.0 Å². The van der Waals surface area contributed by atoms with Crippen molar-refractivity contribution in [3.63, 3.8) is 0 Å². The Hall–Kier alpha value is -4.13. The van der Waals surface area contributed by atoms with Gasteiger partial charge in [-0.1, -0.05) is 6.07 Å². The molecular weight excluding hydrogens is 523 g/mol. The molecule has 1 fully saturated rings. The van der Waals surface area contributed by atoms with Gasteiger partial charge in [0.1, 0.15) is 41.1 Å². The van der Waals surface area contributed by atoms with Gasteiger partial charge in [0.15, 0.2) is 5.58 Å². The van der Waals surface area contributed by atoms with Gasteiger partial charge in [-0.2, -0.15) is 5.26 Å². The number of fused-ring (bicyclic) bond motifs is 1. The molecule has 5 rings (SSSR count). The lowest BCUT2D eigenvalue weighted by Crippen LogP contribution is -2.44. The van der Waals surface area contributed by atoms with Crippen LogP contribution in [0.3, 0.4) is 0 Å². The fraction of sp³-hybridized carbons (Fsp3) is 0.276. The van der Waals surface area contributed by atoms with Crippen LogP contribution in [-0.2, 0) is 0 Å². The number of furan rings is 1. The number of rotatable bonds is 6. The van der Waals surface area contributed by atoms with Crippen molar-refractivity contribution in [3.05, 3.63) is 65.9 Å². The van der Waals surface area contributed by atoms with Gasteiger partial charge < -0.3 is 24.1 Å². The lowest BCUT2D eigenvalue weighted by molar-refractivity contribution is 0.0729. The molecule has 2 atom stereocenters. The van der Waals surface area contributed by atoms with E-state index in [-0.39, 0.29) is 24.9 Å². The van der Waals surface area contributed by atoms with Crippen molar-refractivity contribution < 1.29 is 23.1 Å². The topological polar surface area (TPSA) is 101 Å². The van der Waals surface area contributed by atoms with Gasteiger partial charge in [-0.05, 0) is 54.9 Å². The second-order valence-electron chi connectivity index (χ2n) is 9.29. The Morgan fingerprint density at radius 1 is 1.15 bits per heavy atom. The zero-order valence-electron chi connectivity index (χ0n) is 21.7. The summed E-state index contributed by atoms with van der Waals surface area (Å²) in [7, 11) is 4.92. The molecule has 2 aromatic heterocycles. The molecule has 0 saturated carbocycles. The number of nitrogens with one attached hydrogen (secondary N) is 1. The minimum atomic E-state index is -1.14. The third kappa shape index (κ3) is 5.53. The van der Waals surface area contributed by atoms with Crippen LogP contribution in [0.5, 0.6) is 11.5 Å². The highest BCUT2D eigenvalue weighted by Gasteiger charge is 2.27. The number of amides is 1. The molecule has 8 nitrogen and oxygen atoms in total. The number of piperidine rings is 1. The number of nitrogens with zero attached hydrogens (tertiary/aromatic N) is 3. The number of hydrogen-bond acceptors (Lipinski definition) is 7. The van der Waals surface area contributed by atoms with Crippen molar-refractivity contribution >= 4 is 29.4 Å². The van der Waals surface area contributed by atoms with E-state index in [1.807, 2.05) is 18.2 Å². The van der Waals surface area contributed by atoms with Crippen molar-refractivity contribution in [2.45, 2.75) is 18.7 Å². The molecule has 0 aliphatic carbocycles. The molecule has 2 aromatic carbocycles. The van der Waals surface area contributed by atoms with Crippen LogP contribution in [0.1, 0.15) is 22.3 Å². The number of benzene rings is 2. The summed E-state index contributed by atoms with van der Waals surface area (Å²) in [5, 5.41) is 12.8. The van der Waals surface area contributed by atoms with Crippen molar-refractivity contribution in [1.82, 2.24) is 15.2 Å². The number of aromatic nitrogens is 1. The number of pyridine rings is 1. The summed E-state index contributed by atoms with van der Waals surface area (Å²) in [6.07, 6.45) is 0.473. The second-order valence-corrected chi connectivity index (χ2v) is 9.29. The van der Waals surface area contributed by atoms with Crippen LogP contribution in [0.4, 0.5) is 4.39 Å². The Balaban J connectivity index is 0.00000353. The highest BCUT2D eigenvalue weighted by Crippen LogP contribution is 2.38. The molecule has 1 aliphatic rings. The molecule has 1 saturated heterocycles. The van der Waals surface area contributed by atoms with E-state index in [9.17, 15) is 14.4 Å². The fourth-order valence-corrected chi connectivity index (χ4v) is 4.56. The number of carbonyl (C=O) groups is 1. The molecule has 202 valence electrons. The molecule has 3 heterocycles. The van der Waals surface area contributed by atoms with Gasteiger partial charge in [-0.15, -0.1) is 12.4 Å². The quantitative estimate of drug-likeness (QED) is 0.350. The Morgan fingerprint density at radius 2 is 1.97 bits per heavy atom. The van der Waals surface area contributed by atoms with Crippen molar-refractivity contribution in [1.29, 1.82) is 5.26 Å². The van der Waals surface area contributed by atoms with E-state index >= 15 is 0 Å². The summed E-state index contributed by atoms with van der Waals surface area (Å²) in [6, 6.07) is 16.2. The van der Waals surface area contributed by atoms with Gasteiger partial charge >= 0.3 is 0 Å². The normalized spacial score (nSPS) is 16.7. The van der Waals surface area contributed by atoms with Crippen LogP contribution in [0.15, 0.2) is 59.1 Å². The van der Waals surface area contributed by atoms with E-state index < -0.39 is 12.3 Å². The first-order chi connectivity index (χ1) is 18.4. The first-order valence-corrected chi connectivity index (χ1v) is 12.2. The van der Waals surface area contributed by atoms with Gasteiger partial charge in [0.05, 0.1) is 18.2 Å². The number of methoxy groups -OCH3 is 1. The van der Waals surface area contributed by atoms with E-state index in [2.05, 4.69) is 16.4 Å². The Kier molecular flexibility index (Phi) is 8.38. The van der Waals surface area contributed by atoms with Crippen LogP contribution in [0.25, 0.3) is 33.6 Å². The molecule has 39 heavy (non-hydrogen) atoms. The molecule has 10 heteroatoms. The van der Waals surface area contributed by atoms with E-state index in [0.717, 1.165) is 11.1 Å². The Bertz CT molecular complexity index is 1550. The fourth-order valence-electron chi connectivity index (χ4n) is 4.56. The minimum Gasteiger partial charge on any atom is -0.496 e. The highest BCUT2D eigenvalue weighted by atomic mass is 35.5. The molecule has 1 amide bonds.